The predicted molar refractivity (Wildman–Crippen MR) is 74.8 cm³/mol. The number of rotatable bonds is 9. The number of hydrogen-bond acceptors (Lipinski definition) is 4. The molecule has 0 bridgehead atoms. The summed E-state index contributed by atoms with van der Waals surface area (Å²) in [4.78, 5) is 0. The molecule has 1 aromatic rings. The molecule has 1 aromatic carbocycles. The highest BCUT2D eigenvalue weighted by atomic mass is 19.1. The van der Waals surface area contributed by atoms with Gasteiger partial charge in [0.2, 0.25) is 0 Å². The molecule has 20 heavy (non-hydrogen) atoms. The van der Waals surface area contributed by atoms with Gasteiger partial charge in [-0.15, -0.1) is 0 Å². The summed E-state index contributed by atoms with van der Waals surface area (Å²) in [6.45, 7) is 1.75. The summed E-state index contributed by atoms with van der Waals surface area (Å²) in [6.07, 6.45) is 3.17. The third-order valence-electron chi connectivity index (χ3n) is 3.20. The minimum absolute atomic E-state index is 0.164. The summed E-state index contributed by atoms with van der Waals surface area (Å²) in [6, 6.07) is 3.92. The Morgan fingerprint density at radius 1 is 1.25 bits per heavy atom. The van der Waals surface area contributed by atoms with Crippen molar-refractivity contribution < 1.29 is 18.6 Å². The minimum Gasteiger partial charge on any atom is -0.490 e. The van der Waals surface area contributed by atoms with Crippen LogP contribution in [0.4, 0.5) is 4.39 Å². The van der Waals surface area contributed by atoms with Crippen molar-refractivity contribution in [3.8, 4) is 11.5 Å². The van der Waals surface area contributed by atoms with Crippen molar-refractivity contribution in [2.24, 2.45) is 0 Å². The Bertz CT molecular complexity index is 435. The SMILES string of the molecule is COCCCOc1cc(CNC2CC2)cc(F)c1OC. The van der Waals surface area contributed by atoms with Crippen molar-refractivity contribution in [2.45, 2.75) is 31.8 Å². The zero-order valence-electron chi connectivity index (χ0n) is 12.1. The van der Waals surface area contributed by atoms with Crippen LogP contribution in [0.15, 0.2) is 12.1 Å². The van der Waals surface area contributed by atoms with E-state index >= 15 is 0 Å². The van der Waals surface area contributed by atoms with Gasteiger partial charge in [-0.25, -0.2) is 4.39 Å². The van der Waals surface area contributed by atoms with Crippen LogP contribution in [0, 0.1) is 5.82 Å². The van der Waals surface area contributed by atoms with Crippen molar-refractivity contribution in [3.05, 3.63) is 23.5 Å². The Hall–Kier alpha value is -1.33. The zero-order chi connectivity index (χ0) is 14.4. The summed E-state index contributed by atoms with van der Waals surface area (Å²) in [5.41, 5.74) is 0.872. The molecule has 2 rings (SSSR count). The lowest BCUT2D eigenvalue weighted by molar-refractivity contribution is 0.170. The average molecular weight is 283 g/mol. The van der Waals surface area contributed by atoms with Crippen LogP contribution in [0.25, 0.3) is 0 Å². The fourth-order valence-electron chi connectivity index (χ4n) is 1.96. The van der Waals surface area contributed by atoms with Gasteiger partial charge in [0.05, 0.1) is 13.7 Å². The summed E-state index contributed by atoms with van der Waals surface area (Å²) in [5, 5.41) is 3.36. The standard InChI is InChI=1S/C15H22FNO3/c1-18-6-3-7-20-14-9-11(10-17-12-4-5-12)8-13(16)15(14)19-2/h8-9,12,17H,3-7,10H2,1-2H3. The second-order valence-electron chi connectivity index (χ2n) is 4.96. The predicted octanol–water partition coefficient (Wildman–Crippen LogP) is 2.50. The number of halogens is 1. The smallest absolute Gasteiger partial charge is 0.196 e. The van der Waals surface area contributed by atoms with E-state index in [1.54, 1.807) is 7.11 Å². The van der Waals surface area contributed by atoms with Gasteiger partial charge in [-0.2, -0.15) is 0 Å². The first-order chi connectivity index (χ1) is 9.74. The molecule has 1 N–H and O–H groups in total. The van der Waals surface area contributed by atoms with Gasteiger partial charge in [0.25, 0.3) is 0 Å². The normalized spacial score (nSPS) is 14.3. The topological polar surface area (TPSA) is 39.7 Å². The molecule has 1 fully saturated rings. The van der Waals surface area contributed by atoms with Crippen LogP contribution in [0.2, 0.25) is 0 Å². The van der Waals surface area contributed by atoms with E-state index in [1.165, 1.54) is 26.0 Å². The lowest BCUT2D eigenvalue weighted by Gasteiger charge is -2.13. The van der Waals surface area contributed by atoms with E-state index in [9.17, 15) is 4.39 Å². The van der Waals surface area contributed by atoms with E-state index in [2.05, 4.69) is 5.32 Å². The van der Waals surface area contributed by atoms with Crippen LogP contribution in [0.5, 0.6) is 11.5 Å². The van der Waals surface area contributed by atoms with E-state index in [4.69, 9.17) is 14.2 Å². The Morgan fingerprint density at radius 2 is 2.05 bits per heavy atom. The third-order valence-corrected chi connectivity index (χ3v) is 3.20. The summed E-state index contributed by atoms with van der Waals surface area (Å²) in [5.74, 6) is 0.234. The lowest BCUT2D eigenvalue weighted by atomic mass is 10.2. The van der Waals surface area contributed by atoms with Crippen molar-refractivity contribution in [3.63, 3.8) is 0 Å². The molecule has 0 saturated heterocycles. The van der Waals surface area contributed by atoms with E-state index in [1.807, 2.05) is 6.07 Å². The molecule has 0 atom stereocenters. The monoisotopic (exact) mass is 283 g/mol. The second kappa shape index (κ2) is 7.45. The van der Waals surface area contributed by atoms with Gasteiger partial charge in [0.15, 0.2) is 17.3 Å². The van der Waals surface area contributed by atoms with Crippen LogP contribution in [0.1, 0.15) is 24.8 Å². The maximum Gasteiger partial charge on any atom is 0.196 e. The highest BCUT2D eigenvalue weighted by molar-refractivity contribution is 5.44. The zero-order valence-corrected chi connectivity index (χ0v) is 12.1. The van der Waals surface area contributed by atoms with Gasteiger partial charge < -0.3 is 19.5 Å². The first-order valence-corrected chi connectivity index (χ1v) is 6.96. The van der Waals surface area contributed by atoms with Crippen molar-refractivity contribution in [1.29, 1.82) is 0 Å². The van der Waals surface area contributed by atoms with Crippen LogP contribution in [-0.4, -0.2) is 33.5 Å². The lowest BCUT2D eigenvalue weighted by Crippen LogP contribution is -2.15. The molecule has 0 spiro atoms. The second-order valence-corrected chi connectivity index (χ2v) is 4.96. The fraction of sp³-hybridized carbons (Fsp3) is 0.600. The molecule has 1 aliphatic rings. The highest BCUT2D eigenvalue weighted by Gasteiger charge is 2.21. The third kappa shape index (κ3) is 4.35. The number of nitrogens with one attached hydrogen (secondary N) is 1. The summed E-state index contributed by atoms with van der Waals surface area (Å²) >= 11 is 0. The molecule has 0 amide bonds. The first kappa shape index (κ1) is 15.1. The van der Waals surface area contributed by atoms with Gasteiger partial charge in [0.1, 0.15) is 0 Å². The van der Waals surface area contributed by atoms with E-state index in [-0.39, 0.29) is 11.6 Å². The number of hydrogen-bond donors (Lipinski definition) is 1. The molecule has 1 saturated carbocycles. The van der Waals surface area contributed by atoms with Gasteiger partial charge in [-0.05, 0) is 30.5 Å². The quantitative estimate of drug-likeness (QED) is 0.707. The number of benzene rings is 1. The van der Waals surface area contributed by atoms with Gasteiger partial charge >= 0.3 is 0 Å². The molecule has 0 heterocycles. The van der Waals surface area contributed by atoms with Gasteiger partial charge in [-0.1, -0.05) is 0 Å². The minimum atomic E-state index is -0.385. The maximum atomic E-state index is 14.0. The number of methoxy groups -OCH3 is 2. The largest absolute Gasteiger partial charge is 0.490 e. The highest BCUT2D eigenvalue weighted by Crippen LogP contribution is 2.32. The molecule has 4 nitrogen and oxygen atoms in total. The van der Waals surface area contributed by atoms with Gasteiger partial charge in [0, 0.05) is 32.7 Å². The van der Waals surface area contributed by atoms with Gasteiger partial charge in [-0.3, -0.25) is 0 Å². The van der Waals surface area contributed by atoms with E-state index in [0.29, 0.717) is 31.5 Å². The molecule has 0 radical (unpaired) electrons. The Kier molecular flexibility index (Phi) is 5.61. The van der Waals surface area contributed by atoms with Crippen LogP contribution >= 0.6 is 0 Å². The average Bonchev–Trinajstić information content (AvgIpc) is 3.25. The molecule has 5 heteroatoms. The summed E-state index contributed by atoms with van der Waals surface area (Å²) < 4.78 is 29.6. The van der Waals surface area contributed by atoms with Crippen molar-refractivity contribution >= 4 is 0 Å². The first-order valence-electron chi connectivity index (χ1n) is 6.96. The molecule has 0 aliphatic heterocycles. The Morgan fingerprint density at radius 3 is 2.70 bits per heavy atom. The number of ether oxygens (including phenoxy) is 3. The Balaban J connectivity index is 2.00. The molecule has 112 valence electrons. The fourth-order valence-corrected chi connectivity index (χ4v) is 1.96. The van der Waals surface area contributed by atoms with Crippen molar-refractivity contribution in [2.75, 3.05) is 27.4 Å². The van der Waals surface area contributed by atoms with Crippen LogP contribution < -0.4 is 14.8 Å². The molecular formula is C15H22FNO3. The maximum absolute atomic E-state index is 14.0. The van der Waals surface area contributed by atoms with Crippen LogP contribution in [0.3, 0.4) is 0 Å². The summed E-state index contributed by atoms with van der Waals surface area (Å²) in [7, 11) is 3.09. The van der Waals surface area contributed by atoms with E-state index in [0.717, 1.165) is 12.0 Å². The molecule has 0 unspecified atom stereocenters. The molecular weight excluding hydrogens is 261 g/mol. The molecule has 1 aliphatic carbocycles. The van der Waals surface area contributed by atoms with Crippen molar-refractivity contribution in [1.82, 2.24) is 5.32 Å². The molecule has 0 aromatic heterocycles. The van der Waals surface area contributed by atoms with E-state index < -0.39 is 0 Å². The van der Waals surface area contributed by atoms with Crippen LogP contribution in [-0.2, 0) is 11.3 Å². The Labute approximate surface area is 119 Å².